The summed E-state index contributed by atoms with van der Waals surface area (Å²) < 4.78 is 5.33. The molecule has 0 aliphatic heterocycles. The largest absolute Gasteiger partial charge is 0.444 e. The van der Waals surface area contributed by atoms with Crippen molar-refractivity contribution in [3.8, 4) is 0 Å². The number of aryl methyl sites for hydroxylation is 4. The molecule has 0 bridgehead atoms. The summed E-state index contributed by atoms with van der Waals surface area (Å²) >= 11 is 0. The van der Waals surface area contributed by atoms with Crippen molar-refractivity contribution in [1.29, 1.82) is 0 Å². The van der Waals surface area contributed by atoms with Crippen molar-refractivity contribution in [2.75, 3.05) is 5.32 Å². The zero-order chi connectivity index (χ0) is 27.4. The van der Waals surface area contributed by atoms with Gasteiger partial charge in [0.25, 0.3) is 5.91 Å². The summed E-state index contributed by atoms with van der Waals surface area (Å²) in [6.07, 6.45) is -0.685. The Morgan fingerprint density at radius 3 is 2.00 bits per heavy atom. The number of hydrogen-bond donors (Lipinski definition) is 2. The SMILES string of the molecule is Cc1ccc(C)c(C(C(=O)Nc2c(C)cccc2C)N(C(=O)C(C)NC(=O)OC(C)(C)C)C(C)C)c1. The van der Waals surface area contributed by atoms with Crippen LogP contribution in [0.15, 0.2) is 36.4 Å². The summed E-state index contributed by atoms with van der Waals surface area (Å²) in [5, 5.41) is 5.71. The van der Waals surface area contributed by atoms with E-state index in [1.807, 2.05) is 77.9 Å². The number of ether oxygens (including phenoxy) is 1. The first-order valence-corrected chi connectivity index (χ1v) is 12.4. The average Bonchev–Trinajstić information content (AvgIpc) is 2.74. The highest BCUT2D eigenvalue weighted by atomic mass is 16.6. The molecule has 0 radical (unpaired) electrons. The van der Waals surface area contributed by atoms with E-state index in [0.29, 0.717) is 0 Å². The molecule has 0 aliphatic rings. The third-order valence-electron chi connectivity index (χ3n) is 5.90. The first kappa shape index (κ1) is 28.9. The minimum atomic E-state index is -0.903. The van der Waals surface area contributed by atoms with Crippen LogP contribution in [-0.4, -0.2) is 40.5 Å². The lowest BCUT2D eigenvalue weighted by molar-refractivity contribution is -0.142. The van der Waals surface area contributed by atoms with Crippen LogP contribution in [0.25, 0.3) is 0 Å². The first-order chi connectivity index (χ1) is 16.6. The second-order valence-electron chi connectivity index (χ2n) is 10.7. The zero-order valence-electron chi connectivity index (χ0n) is 23.3. The van der Waals surface area contributed by atoms with Crippen LogP contribution in [0, 0.1) is 27.7 Å². The van der Waals surface area contributed by atoms with Gasteiger partial charge in [-0.1, -0.05) is 42.0 Å². The van der Waals surface area contributed by atoms with Crippen molar-refractivity contribution < 1.29 is 19.1 Å². The van der Waals surface area contributed by atoms with Crippen LogP contribution in [0.3, 0.4) is 0 Å². The molecule has 2 aromatic carbocycles. The fraction of sp³-hybridized carbons (Fsp3) is 0.483. The highest BCUT2D eigenvalue weighted by Gasteiger charge is 2.37. The third kappa shape index (κ3) is 7.33. The Balaban J connectivity index is 2.52. The van der Waals surface area contributed by atoms with Gasteiger partial charge in [0.15, 0.2) is 0 Å². The molecule has 0 aromatic heterocycles. The van der Waals surface area contributed by atoms with Crippen LogP contribution in [0.1, 0.15) is 75.4 Å². The Morgan fingerprint density at radius 2 is 1.47 bits per heavy atom. The highest BCUT2D eigenvalue weighted by Crippen LogP contribution is 2.30. The first-order valence-electron chi connectivity index (χ1n) is 12.4. The molecule has 0 saturated heterocycles. The molecule has 0 fully saturated rings. The van der Waals surface area contributed by atoms with E-state index in [9.17, 15) is 14.4 Å². The molecule has 0 heterocycles. The number of carbonyl (C=O) groups is 3. The fourth-order valence-corrected chi connectivity index (χ4v) is 4.12. The number of para-hydroxylation sites is 1. The molecule has 2 unspecified atom stereocenters. The van der Waals surface area contributed by atoms with Crippen molar-refractivity contribution in [2.24, 2.45) is 0 Å². The number of alkyl carbamates (subject to hydrolysis) is 1. The zero-order valence-corrected chi connectivity index (χ0v) is 23.3. The second kappa shape index (κ2) is 11.6. The minimum absolute atomic E-state index is 0.312. The molecule has 2 rings (SSSR count). The van der Waals surface area contributed by atoms with Crippen LogP contribution >= 0.6 is 0 Å². The maximum absolute atomic E-state index is 13.9. The third-order valence-corrected chi connectivity index (χ3v) is 5.90. The molecule has 0 aliphatic carbocycles. The molecular formula is C29H41N3O4. The van der Waals surface area contributed by atoms with Crippen LogP contribution < -0.4 is 10.6 Å². The Morgan fingerprint density at radius 1 is 0.889 bits per heavy atom. The number of rotatable bonds is 7. The summed E-state index contributed by atoms with van der Waals surface area (Å²) in [7, 11) is 0. The molecule has 2 aromatic rings. The number of benzene rings is 2. The quantitative estimate of drug-likeness (QED) is 0.512. The molecule has 36 heavy (non-hydrogen) atoms. The minimum Gasteiger partial charge on any atom is -0.444 e. The van der Waals surface area contributed by atoms with Gasteiger partial charge in [-0.25, -0.2) is 4.79 Å². The molecule has 3 amide bonds. The average molecular weight is 496 g/mol. The standard InChI is InChI=1S/C29H41N3O4/c1-17(2)32(27(34)22(7)30-28(35)36-29(8,9)10)25(23-16-18(3)14-15-19(23)4)26(33)31-24-20(5)12-11-13-21(24)6/h11-17,22,25H,1-10H3,(H,30,35)(H,31,33). The molecule has 2 N–H and O–H groups in total. The fourth-order valence-electron chi connectivity index (χ4n) is 4.12. The number of amides is 3. The number of carbonyl (C=O) groups excluding carboxylic acids is 3. The number of hydrogen-bond acceptors (Lipinski definition) is 4. The van der Waals surface area contributed by atoms with Gasteiger partial charge in [0.05, 0.1) is 0 Å². The van der Waals surface area contributed by atoms with E-state index in [0.717, 1.165) is 33.5 Å². The summed E-state index contributed by atoms with van der Waals surface area (Å²) in [6, 6.07) is 9.57. The Hall–Kier alpha value is -3.35. The van der Waals surface area contributed by atoms with E-state index >= 15 is 0 Å². The molecule has 0 saturated carbocycles. The van der Waals surface area contributed by atoms with E-state index in [-0.39, 0.29) is 17.9 Å². The lowest BCUT2D eigenvalue weighted by Crippen LogP contribution is -2.53. The van der Waals surface area contributed by atoms with Crippen LogP contribution in [-0.2, 0) is 14.3 Å². The second-order valence-corrected chi connectivity index (χ2v) is 10.7. The maximum atomic E-state index is 13.9. The van der Waals surface area contributed by atoms with E-state index in [2.05, 4.69) is 10.6 Å². The van der Waals surface area contributed by atoms with E-state index in [4.69, 9.17) is 4.74 Å². The summed E-state index contributed by atoms with van der Waals surface area (Å²) in [4.78, 5) is 41.6. The Labute approximate surface area is 215 Å². The van der Waals surface area contributed by atoms with Crippen molar-refractivity contribution in [3.05, 3.63) is 64.2 Å². The molecule has 7 heteroatoms. The topological polar surface area (TPSA) is 87.7 Å². The van der Waals surface area contributed by atoms with Crippen molar-refractivity contribution in [2.45, 2.75) is 93.0 Å². The van der Waals surface area contributed by atoms with Gasteiger partial charge in [-0.3, -0.25) is 9.59 Å². The number of nitrogens with one attached hydrogen (secondary N) is 2. The molecular weight excluding hydrogens is 454 g/mol. The van der Waals surface area contributed by atoms with Crippen molar-refractivity contribution >= 4 is 23.6 Å². The highest BCUT2D eigenvalue weighted by molar-refractivity contribution is 6.00. The van der Waals surface area contributed by atoms with Crippen LogP contribution in [0.2, 0.25) is 0 Å². The molecule has 2 atom stereocenters. The number of anilines is 1. The smallest absolute Gasteiger partial charge is 0.408 e. The molecule has 7 nitrogen and oxygen atoms in total. The Bertz CT molecular complexity index is 1100. The van der Waals surface area contributed by atoms with Gasteiger partial charge in [-0.2, -0.15) is 0 Å². The lowest BCUT2D eigenvalue weighted by Gasteiger charge is -2.37. The van der Waals surface area contributed by atoms with Gasteiger partial charge in [0.2, 0.25) is 5.91 Å². The number of nitrogens with zero attached hydrogens (tertiary/aromatic N) is 1. The van der Waals surface area contributed by atoms with Gasteiger partial charge < -0.3 is 20.3 Å². The van der Waals surface area contributed by atoms with Gasteiger partial charge in [0, 0.05) is 11.7 Å². The van der Waals surface area contributed by atoms with Crippen molar-refractivity contribution in [1.82, 2.24) is 10.2 Å². The van der Waals surface area contributed by atoms with E-state index in [1.54, 1.807) is 32.6 Å². The summed E-state index contributed by atoms with van der Waals surface area (Å²) in [6.45, 7) is 18.4. The molecule has 0 spiro atoms. The van der Waals surface area contributed by atoms with Gasteiger partial charge in [0.1, 0.15) is 17.7 Å². The maximum Gasteiger partial charge on any atom is 0.408 e. The Kier molecular flexibility index (Phi) is 9.30. The van der Waals surface area contributed by atoms with E-state index < -0.39 is 23.8 Å². The normalized spacial score (nSPS) is 13.1. The lowest BCUT2D eigenvalue weighted by atomic mass is 9.95. The van der Waals surface area contributed by atoms with Crippen LogP contribution in [0.5, 0.6) is 0 Å². The van der Waals surface area contributed by atoms with E-state index in [1.165, 1.54) is 0 Å². The van der Waals surface area contributed by atoms with Crippen LogP contribution in [0.4, 0.5) is 10.5 Å². The predicted octanol–water partition coefficient (Wildman–Crippen LogP) is 5.75. The summed E-state index contributed by atoms with van der Waals surface area (Å²) in [5.41, 5.74) is 4.52. The van der Waals surface area contributed by atoms with Gasteiger partial charge >= 0.3 is 6.09 Å². The predicted molar refractivity (Wildman–Crippen MR) is 144 cm³/mol. The van der Waals surface area contributed by atoms with Gasteiger partial charge in [-0.15, -0.1) is 0 Å². The molecule has 196 valence electrons. The van der Waals surface area contributed by atoms with Gasteiger partial charge in [-0.05, 0) is 91.5 Å². The monoisotopic (exact) mass is 495 g/mol. The van der Waals surface area contributed by atoms with Crippen molar-refractivity contribution in [3.63, 3.8) is 0 Å². The summed E-state index contributed by atoms with van der Waals surface area (Å²) in [5.74, 6) is -0.689.